The Labute approximate surface area is 270 Å². The van der Waals surface area contributed by atoms with Crippen LogP contribution in [-0.2, 0) is 28.6 Å². The van der Waals surface area contributed by atoms with Crippen LogP contribution in [0.5, 0.6) is 11.5 Å². The van der Waals surface area contributed by atoms with Crippen LogP contribution in [0.2, 0.25) is 0 Å². The highest BCUT2D eigenvalue weighted by atomic mass is 79.9. The van der Waals surface area contributed by atoms with Crippen molar-refractivity contribution < 1.29 is 42.9 Å². The van der Waals surface area contributed by atoms with Gasteiger partial charge in [0.25, 0.3) is 5.91 Å². The third-order valence-electron chi connectivity index (χ3n) is 6.35. The van der Waals surface area contributed by atoms with E-state index in [0.29, 0.717) is 91.3 Å². The summed E-state index contributed by atoms with van der Waals surface area (Å²) in [6.45, 7) is 8.25. The molecule has 1 aliphatic carbocycles. The van der Waals surface area contributed by atoms with Crippen LogP contribution in [0.4, 0.5) is 5.69 Å². The molecule has 0 bridgehead atoms. The van der Waals surface area contributed by atoms with Gasteiger partial charge in [0, 0.05) is 28.6 Å². The number of unbranched alkanes of at least 4 members (excludes halogenated alkanes) is 2. The SMILES string of the molecule is C=CC(=O)OCCCCOC1=CC=C(C(=O)Nc2ccc(OC(=O)c3ccc(OCCCCOC(=O)C=C)cc3)cc2Br)CC1. The molecule has 0 spiro atoms. The van der Waals surface area contributed by atoms with E-state index in [0.717, 1.165) is 24.3 Å². The average molecular weight is 683 g/mol. The summed E-state index contributed by atoms with van der Waals surface area (Å²) in [5.41, 5.74) is 1.49. The van der Waals surface area contributed by atoms with E-state index in [4.69, 9.17) is 23.7 Å². The van der Waals surface area contributed by atoms with E-state index in [2.05, 4.69) is 34.4 Å². The van der Waals surface area contributed by atoms with E-state index >= 15 is 0 Å². The van der Waals surface area contributed by atoms with E-state index in [1.165, 1.54) is 0 Å². The lowest BCUT2D eigenvalue weighted by Crippen LogP contribution is -2.16. The molecule has 238 valence electrons. The van der Waals surface area contributed by atoms with Crippen LogP contribution in [0.1, 0.15) is 48.9 Å². The minimum absolute atomic E-state index is 0.238. The van der Waals surface area contributed by atoms with Crippen molar-refractivity contribution >= 4 is 45.4 Å². The van der Waals surface area contributed by atoms with Crippen LogP contribution in [0.3, 0.4) is 0 Å². The number of allylic oxidation sites excluding steroid dienone is 3. The Morgan fingerprint density at radius 1 is 0.756 bits per heavy atom. The van der Waals surface area contributed by atoms with Gasteiger partial charge in [0.2, 0.25) is 0 Å². The first-order chi connectivity index (χ1) is 21.8. The van der Waals surface area contributed by atoms with Crippen molar-refractivity contribution in [3.63, 3.8) is 0 Å². The Balaban J connectivity index is 1.41. The molecule has 0 saturated heterocycles. The summed E-state index contributed by atoms with van der Waals surface area (Å²) in [4.78, 5) is 47.5. The number of carbonyl (C=O) groups is 4. The average Bonchev–Trinajstić information content (AvgIpc) is 3.05. The first-order valence-electron chi connectivity index (χ1n) is 14.5. The van der Waals surface area contributed by atoms with Gasteiger partial charge in [0.15, 0.2) is 0 Å². The molecule has 0 unspecified atom stereocenters. The van der Waals surface area contributed by atoms with Crippen LogP contribution >= 0.6 is 15.9 Å². The minimum atomic E-state index is -0.539. The molecular weight excluding hydrogens is 646 g/mol. The van der Waals surface area contributed by atoms with Gasteiger partial charge in [-0.3, -0.25) is 4.79 Å². The Morgan fingerprint density at radius 3 is 1.93 bits per heavy atom. The number of rotatable bonds is 18. The Morgan fingerprint density at radius 2 is 1.36 bits per heavy atom. The van der Waals surface area contributed by atoms with Crippen LogP contribution in [-0.4, -0.2) is 50.2 Å². The fourth-order valence-electron chi connectivity index (χ4n) is 3.91. The van der Waals surface area contributed by atoms with Gasteiger partial charge in [-0.2, -0.15) is 0 Å². The monoisotopic (exact) mass is 681 g/mol. The Bertz CT molecular complexity index is 1430. The maximum Gasteiger partial charge on any atom is 0.343 e. The molecule has 3 rings (SSSR count). The van der Waals surface area contributed by atoms with Crippen LogP contribution in [0.25, 0.3) is 0 Å². The summed E-state index contributed by atoms with van der Waals surface area (Å²) in [5.74, 6) is 0.0467. The first kappa shape index (κ1) is 34.8. The number of anilines is 1. The second kappa shape index (κ2) is 18.9. The number of nitrogens with one attached hydrogen (secondary N) is 1. The largest absolute Gasteiger partial charge is 0.498 e. The number of amides is 1. The zero-order valence-corrected chi connectivity index (χ0v) is 26.5. The van der Waals surface area contributed by atoms with Crippen LogP contribution in [0, 0.1) is 0 Å². The third kappa shape index (κ3) is 12.5. The molecule has 2 aromatic rings. The maximum atomic E-state index is 12.8. The standard InChI is InChI=1S/C34H36BrNO9/c1-3-31(37)43-21-7-5-19-41-26-13-9-24(10-14-26)33(39)36-30-18-17-28(23-29(30)35)45-34(40)25-11-15-27(16-12-25)42-20-6-8-22-44-32(38)4-2/h3-4,9,11-13,15-18,23H,1-2,5-8,10,14,19-22H2,(H,36,39). The molecule has 0 aliphatic heterocycles. The van der Waals surface area contributed by atoms with Gasteiger partial charge >= 0.3 is 17.9 Å². The first-order valence-corrected chi connectivity index (χ1v) is 15.2. The fraction of sp³-hybridized carbons (Fsp3) is 0.294. The molecule has 0 saturated carbocycles. The van der Waals surface area contributed by atoms with Gasteiger partial charge in [-0.05, 0) is 96.6 Å². The van der Waals surface area contributed by atoms with Crippen molar-refractivity contribution in [2.75, 3.05) is 31.7 Å². The van der Waals surface area contributed by atoms with Crippen molar-refractivity contribution in [2.45, 2.75) is 38.5 Å². The summed E-state index contributed by atoms with van der Waals surface area (Å²) < 4.78 is 27.3. The molecular formula is C34H36BrNO9. The Kier molecular flexibility index (Phi) is 14.6. The summed E-state index contributed by atoms with van der Waals surface area (Å²) in [7, 11) is 0. The summed E-state index contributed by atoms with van der Waals surface area (Å²) in [5, 5.41) is 2.88. The lowest BCUT2D eigenvalue weighted by atomic mass is 10.0. The molecule has 0 heterocycles. The number of carbonyl (C=O) groups excluding carboxylic acids is 4. The van der Waals surface area contributed by atoms with E-state index in [9.17, 15) is 19.2 Å². The van der Waals surface area contributed by atoms with Gasteiger partial charge in [-0.1, -0.05) is 19.2 Å². The smallest absolute Gasteiger partial charge is 0.343 e. The molecule has 1 amide bonds. The van der Waals surface area contributed by atoms with Crippen molar-refractivity contribution in [1.29, 1.82) is 0 Å². The van der Waals surface area contributed by atoms with Crippen molar-refractivity contribution in [3.05, 3.63) is 101 Å². The van der Waals surface area contributed by atoms with Crippen LogP contribution < -0.4 is 14.8 Å². The van der Waals surface area contributed by atoms with E-state index < -0.39 is 17.9 Å². The lowest BCUT2D eigenvalue weighted by Gasteiger charge is -2.16. The molecule has 0 aromatic heterocycles. The summed E-state index contributed by atoms with van der Waals surface area (Å²) in [6, 6.07) is 11.4. The molecule has 11 heteroatoms. The normalized spacial score (nSPS) is 12.1. The van der Waals surface area contributed by atoms with E-state index in [1.54, 1.807) is 54.6 Å². The van der Waals surface area contributed by atoms with Gasteiger partial charge in [0.1, 0.15) is 11.5 Å². The highest BCUT2D eigenvalue weighted by Crippen LogP contribution is 2.29. The quantitative estimate of drug-likeness (QED) is 0.0799. The molecule has 45 heavy (non-hydrogen) atoms. The number of hydrogen-bond donors (Lipinski definition) is 1. The molecule has 0 atom stereocenters. The molecule has 1 N–H and O–H groups in total. The predicted molar refractivity (Wildman–Crippen MR) is 172 cm³/mol. The van der Waals surface area contributed by atoms with E-state index in [-0.39, 0.29) is 5.91 Å². The number of benzene rings is 2. The van der Waals surface area contributed by atoms with Gasteiger partial charge in [-0.15, -0.1) is 0 Å². The molecule has 2 aromatic carbocycles. The number of hydrogen-bond acceptors (Lipinski definition) is 9. The fourth-order valence-corrected chi connectivity index (χ4v) is 4.37. The van der Waals surface area contributed by atoms with Crippen LogP contribution in [0.15, 0.2) is 95.7 Å². The predicted octanol–water partition coefficient (Wildman–Crippen LogP) is 6.63. The highest BCUT2D eigenvalue weighted by molar-refractivity contribution is 9.10. The highest BCUT2D eigenvalue weighted by Gasteiger charge is 2.17. The molecule has 1 aliphatic rings. The van der Waals surface area contributed by atoms with Gasteiger partial charge in [-0.25, -0.2) is 14.4 Å². The van der Waals surface area contributed by atoms with Crippen molar-refractivity contribution in [1.82, 2.24) is 0 Å². The second-order valence-corrected chi connectivity index (χ2v) is 10.5. The third-order valence-corrected chi connectivity index (χ3v) is 7.00. The van der Waals surface area contributed by atoms with Crippen molar-refractivity contribution in [2.24, 2.45) is 0 Å². The molecule has 0 radical (unpaired) electrons. The topological polar surface area (TPSA) is 126 Å². The zero-order chi connectivity index (χ0) is 32.4. The molecule has 10 nitrogen and oxygen atoms in total. The maximum absolute atomic E-state index is 12.8. The van der Waals surface area contributed by atoms with Gasteiger partial charge < -0.3 is 29.0 Å². The van der Waals surface area contributed by atoms with Crippen molar-refractivity contribution in [3.8, 4) is 11.5 Å². The molecule has 0 fully saturated rings. The minimum Gasteiger partial charge on any atom is -0.498 e. The summed E-state index contributed by atoms with van der Waals surface area (Å²) in [6.07, 6.45) is 9.70. The second-order valence-electron chi connectivity index (χ2n) is 9.69. The number of esters is 3. The van der Waals surface area contributed by atoms with E-state index in [1.807, 2.05) is 0 Å². The zero-order valence-electron chi connectivity index (χ0n) is 24.9. The Hall–Kier alpha value is -4.64. The lowest BCUT2D eigenvalue weighted by molar-refractivity contribution is -0.138. The number of halogens is 1. The van der Waals surface area contributed by atoms with Gasteiger partial charge in [0.05, 0.1) is 43.4 Å². The summed E-state index contributed by atoms with van der Waals surface area (Å²) >= 11 is 3.44. The number of ether oxygens (including phenoxy) is 5.